The van der Waals surface area contributed by atoms with Crippen LogP contribution in [0.15, 0.2) is 29.2 Å². The molecule has 3 saturated carbocycles. The van der Waals surface area contributed by atoms with Crippen molar-refractivity contribution in [3.05, 3.63) is 29.8 Å². The number of nitrogens with one attached hydrogen (secondary N) is 2. The first kappa shape index (κ1) is 33.2. The van der Waals surface area contributed by atoms with Crippen molar-refractivity contribution in [3.63, 3.8) is 0 Å². The molecule has 0 unspecified atom stereocenters. The number of aliphatic hydroxyl groups is 1. The van der Waals surface area contributed by atoms with Crippen molar-refractivity contribution in [2.24, 2.45) is 45.5 Å². The normalized spacial score (nSPS) is 36.0. The van der Waals surface area contributed by atoms with Crippen molar-refractivity contribution < 1.29 is 19.4 Å². The molecule has 0 saturated heterocycles. The van der Waals surface area contributed by atoms with Crippen molar-refractivity contribution in [3.8, 4) is 0 Å². The number of nitrogens with two attached hydrogens (primary N) is 2. The maximum atomic E-state index is 13.5. The molecule has 1 amide bonds. The molecule has 7 N–H and O–H groups in total. The smallest absolute Gasteiger partial charge is 0.316 e. The molecule has 1 aromatic rings. The van der Waals surface area contributed by atoms with Crippen LogP contribution >= 0.6 is 11.8 Å². The maximum Gasteiger partial charge on any atom is 0.316 e. The number of hydrogen-bond donors (Lipinski definition) is 5. The summed E-state index contributed by atoms with van der Waals surface area (Å²) in [5.41, 5.74) is 11.6. The number of ether oxygens (including phenoxy) is 1. The molecule has 42 heavy (non-hydrogen) atoms. The molecular formula is C33H54N4O4S. The Kier molecular flexibility index (Phi) is 11.1. The van der Waals surface area contributed by atoms with Gasteiger partial charge in [0.1, 0.15) is 6.10 Å². The Morgan fingerprint density at radius 2 is 1.86 bits per heavy atom. The Balaban J connectivity index is 1.52. The molecule has 3 aliphatic carbocycles. The van der Waals surface area contributed by atoms with Crippen LogP contribution in [0, 0.1) is 34.0 Å². The Bertz CT molecular complexity index is 1070. The number of carbonyl (C=O) groups is 2. The lowest BCUT2D eigenvalue weighted by molar-refractivity contribution is -0.211. The van der Waals surface area contributed by atoms with Crippen LogP contribution in [-0.2, 0) is 20.9 Å². The van der Waals surface area contributed by atoms with Gasteiger partial charge in [0.05, 0.1) is 18.4 Å². The SMILES string of the molecule is C[C@@H]1CC[C@@]23CCC[C@H]2[C@]1(C)[C@H](OC(=O)CSc1ccc(CNC(=O)CN)cc1)C[C@](C)(CNCCCN)[C@@H](O)[C@@H]3C. The van der Waals surface area contributed by atoms with Crippen molar-refractivity contribution in [2.75, 3.05) is 31.9 Å². The van der Waals surface area contributed by atoms with Gasteiger partial charge in [0.2, 0.25) is 5.91 Å². The molecule has 0 aromatic heterocycles. The van der Waals surface area contributed by atoms with E-state index in [-0.39, 0.29) is 47.0 Å². The van der Waals surface area contributed by atoms with E-state index in [1.807, 2.05) is 24.3 Å². The first-order valence-corrected chi connectivity index (χ1v) is 17.0. The number of amides is 1. The zero-order valence-electron chi connectivity index (χ0n) is 26.1. The number of benzene rings is 1. The van der Waals surface area contributed by atoms with Crippen LogP contribution in [0.2, 0.25) is 0 Å². The Morgan fingerprint density at radius 3 is 2.55 bits per heavy atom. The second-order valence-electron chi connectivity index (χ2n) is 13.8. The van der Waals surface area contributed by atoms with Crippen molar-refractivity contribution >= 4 is 23.6 Å². The zero-order chi connectivity index (χ0) is 30.5. The summed E-state index contributed by atoms with van der Waals surface area (Å²) in [5.74, 6) is 0.898. The van der Waals surface area contributed by atoms with Gasteiger partial charge in [-0.1, -0.05) is 46.2 Å². The Labute approximate surface area is 256 Å². The molecule has 0 spiro atoms. The topological polar surface area (TPSA) is 140 Å². The van der Waals surface area contributed by atoms with E-state index in [9.17, 15) is 14.7 Å². The fourth-order valence-corrected chi connectivity index (χ4v) is 9.40. The quantitative estimate of drug-likeness (QED) is 0.138. The third-order valence-corrected chi connectivity index (χ3v) is 12.4. The maximum absolute atomic E-state index is 13.5. The van der Waals surface area contributed by atoms with Crippen molar-refractivity contribution in [2.45, 2.75) is 96.3 Å². The third-order valence-electron chi connectivity index (χ3n) is 11.4. The number of rotatable bonds is 12. The minimum absolute atomic E-state index is 0.0292. The van der Waals surface area contributed by atoms with E-state index in [2.05, 4.69) is 38.3 Å². The number of carbonyl (C=O) groups excluding carboxylic acids is 2. The van der Waals surface area contributed by atoms with Gasteiger partial charge in [-0.05, 0) is 92.5 Å². The van der Waals surface area contributed by atoms with Gasteiger partial charge in [-0.3, -0.25) is 9.59 Å². The average molecular weight is 603 g/mol. The summed E-state index contributed by atoms with van der Waals surface area (Å²) in [6, 6.07) is 7.85. The number of thioether (sulfide) groups is 1. The molecule has 1 aromatic carbocycles. The minimum atomic E-state index is -0.481. The van der Waals surface area contributed by atoms with E-state index in [1.54, 1.807) is 0 Å². The monoisotopic (exact) mass is 602 g/mol. The highest BCUT2D eigenvalue weighted by Crippen LogP contribution is 2.68. The van der Waals surface area contributed by atoms with E-state index >= 15 is 0 Å². The molecule has 0 aliphatic heterocycles. The molecular weight excluding hydrogens is 548 g/mol. The lowest BCUT2D eigenvalue weighted by Gasteiger charge is -2.63. The van der Waals surface area contributed by atoms with E-state index in [1.165, 1.54) is 18.2 Å². The molecule has 0 radical (unpaired) electrons. The molecule has 8 atom stereocenters. The van der Waals surface area contributed by atoms with Crippen LogP contribution in [-0.4, -0.2) is 61.1 Å². The van der Waals surface area contributed by atoms with Crippen LogP contribution in [0.3, 0.4) is 0 Å². The van der Waals surface area contributed by atoms with Gasteiger partial charge >= 0.3 is 5.97 Å². The summed E-state index contributed by atoms with van der Waals surface area (Å²) in [5, 5.41) is 18.4. The number of hydrogen-bond acceptors (Lipinski definition) is 8. The number of aliphatic hydroxyl groups excluding tert-OH is 1. The summed E-state index contributed by atoms with van der Waals surface area (Å²) < 4.78 is 6.54. The molecule has 8 nitrogen and oxygen atoms in total. The largest absolute Gasteiger partial charge is 0.461 e. The van der Waals surface area contributed by atoms with Crippen LogP contribution in [0.5, 0.6) is 0 Å². The van der Waals surface area contributed by atoms with Gasteiger partial charge in [-0.25, -0.2) is 0 Å². The molecule has 9 heteroatoms. The standard InChI is InChI=1S/C33H54N4O4S/c1-22-12-14-33-13-5-7-26(33)32(22,4)27(17-31(3,30(40)23(33)2)21-36-16-6-15-34)41-29(39)20-42-25-10-8-24(9-11-25)19-37-28(38)18-35/h8-11,22-23,26-27,30,36,40H,5-7,12-21,34-35H2,1-4H3,(H,37,38)/t22-,23+,26+,27-,30+,31-,32-,33-/m1/s1. The van der Waals surface area contributed by atoms with Crippen molar-refractivity contribution in [1.29, 1.82) is 0 Å². The zero-order valence-corrected chi connectivity index (χ0v) is 26.9. The van der Waals surface area contributed by atoms with E-state index in [0.29, 0.717) is 37.9 Å². The highest BCUT2D eigenvalue weighted by molar-refractivity contribution is 8.00. The first-order valence-electron chi connectivity index (χ1n) is 16.0. The Morgan fingerprint density at radius 1 is 1.12 bits per heavy atom. The van der Waals surface area contributed by atoms with Crippen LogP contribution in [0.25, 0.3) is 0 Å². The average Bonchev–Trinajstić information content (AvgIpc) is 3.44. The van der Waals surface area contributed by atoms with Crippen LogP contribution in [0.4, 0.5) is 0 Å². The minimum Gasteiger partial charge on any atom is -0.461 e. The lowest BCUT2D eigenvalue weighted by atomic mass is 9.44. The van der Waals surface area contributed by atoms with Gasteiger partial charge < -0.3 is 31.9 Å². The predicted octanol–water partition coefficient (Wildman–Crippen LogP) is 3.83. The summed E-state index contributed by atoms with van der Waals surface area (Å²) in [6.07, 6.45) is 6.51. The van der Waals surface area contributed by atoms with E-state index < -0.39 is 11.5 Å². The summed E-state index contributed by atoms with van der Waals surface area (Å²) >= 11 is 1.47. The summed E-state index contributed by atoms with van der Waals surface area (Å²) in [6.45, 7) is 11.7. The van der Waals surface area contributed by atoms with Gasteiger partial charge in [0.15, 0.2) is 0 Å². The highest BCUT2D eigenvalue weighted by Gasteiger charge is 2.65. The number of esters is 1. The predicted molar refractivity (Wildman–Crippen MR) is 169 cm³/mol. The summed E-state index contributed by atoms with van der Waals surface area (Å²) in [7, 11) is 0. The third kappa shape index (κ3) is 6.70. The molecule has 2 bridgehead atoms. The van der Waals surface area contributed by atoms with Gasteiger partial charge in [-0.2, -0.15) is 0 Å². The van der Waals surface area contributed by atoms with Crippen LogP contribution < -0.4 is 22.1 Å². The summed E-state index contributed by atoms with van der Waals surface area (Å²) in [4.78, 5) is 25.9. The molecule has 4 rings (SSSR count). The van der Waals surface area contributed by atoms with Crippen molar-refractivity contribution in [1.82, 2.24) is 10.6 Å². The molecule has 236 valence electrons. The van der Waals surface area contributed by atoms with Gasteiger partial charge in [0.25, 0.3) is 0 Å². The Hall–Kier alpha value is -1.65. The molecule has 0 heterocycles. The van der Waals surface area contributed by atoms with E-state index in [4.69, 9.17) is 16.2 Å². The van der Waals surface area contributed by atoms with Gasteiger partial charge in [-0.15, -0.1) is 11.8 Å². The fourth-order valence-electron chi connectivity index (χ4n) is 8.72. The fraction of sp³-hybridized carbons (Fsp3) is 0.758. The highest BCUT2D eigenvalue weighted by atomic mass is 32.2. The second kappa shape index (κ2) is 14.0. The van der Waals surface area contributed by atoms with Crippen LogP contribution in [0.1, 0.15) is 78.2 Å². The molecule has 3 fully saturated rings. The lowest BCUT2D eigenvalue weighted by Crippen LogP contribution is -2.63. The van der Waals surface area contributed by atoms with Gasteiger partial charge in [0, 0.05) is 28.8 Å². The van der Waals surface area contributed by atoms with E-state index in [0.717, 1.165) is 49.1 Å². The first-order chi connectivity index (χ1) is 20.0. The molecule has 3 aliphatic rings. The second-order valence-corrected chi connectivity index (χ2v) is 14.8.